The van der Waals surface area contributed by atoms with Gasteiger partial charge >= 0.3 is 5.97 Å². The van der Waals surface area contributed by atoms with Crippen molar-refractivity contribution in [1.29, 1.82) is 0 Å². The van der Waals surface area contributed by atoms with Crippen LogP contribution in [0.15, 0.2) is 53.4 Å². The van der Waals surface area contributed by atoms with Crippen molar-refractivity contribution in [3.8, 4) is 0 Å². The van der Waals surface area contributed by atoms with Crippen molar-refractivity contribution in [2.75, 3.05) is 6.26 Å². The molecule has 0 aliphatic carbocycles. The van der Waals surface area contributed by atoms with Crippen molar-refractivity contribution in [3.05, 3.63) is 64.7 Å². The number of benzene rings is 2. The van der Waals surface area contributed by atoms with Crippen LogP contribution in [0.2, 0.25) is 5.02 Å². The number of hydrogen-bond donors (Lipinski definition) is 1. The van der Waals surface area contributed by atoms with Crippen LogP contribution in [0.3, 0.4) is 0 Å². The molecule has 2 aromatic rings. The smallest absolute Gasteiger partial charge is 0.336 e. The predicted octanol–water partition coefficient (Wildman–Crippen LogP) is 4.69. The third-order valence-corrected chi connectivity index (χ3v) is 3.97. The Morgan fingerprint density at radius 1 is 1.15 bits per heavy atom. The first-order valence-corrected chi connectivity index (χ1v) is 7.56. The second kappa shape index (κ2) is 6.64. The van der Waals surface area contributed by atoms with Gasteiger partial charge in [0.05, 0.1) is 5.57 Å². The Labute approximate surface area is 127 Å². The van der Waals surface area contributed by atoms with Gasteiger partial charge in [0.2, 0.25) is 0 Å². The van der Waals surface area contributed by atoms with Gasteiger partial charge in [-0.25, -0.2) is 4.79 Å². The van der Waals surface area contributed by atoms with E-state index >= 15 is 0 Å². The molecule has 0 fully saturated rings. The Kier molecular flexibility index (Phi) is 4.88. The minimum atomic E-state index is -0.992. The molecule has 4 heteroatoms. The van der Waals surface area contributed by atoms with E-state index in [1.54, 1.807) is 42.1 Å². The Morgan fingerprint density at radius 3 is 2.45 bits per heavy atom. The molecule has 0 heterocycles. The monoisotopic (exact) mass is 304 g/mol. The van der Waals surface area contributed by atoms with Crippen LogP contribution >= 0.6 is 23.4 Å². The van der Waals surface area contributed by atoms with E-state index in [0.29, 0.717) is 10.6 Å². The lowest BCUT2D eigenvalue weighted by Gasteiger charge is -2.07. The zero-order valence-corrected chi connectivity index (χ0v) is 12.4. The van der Waals surface area contributed by atoms with Gasteiger partial charge < -0.3 is 5.11 Å². The number of thioether (sulfide) groups is 1. The molecule has 0 amide bonds. The summed E-state index contributed by atoms with van der Waals surface area (Å²) in [5.74, 6) is -0.992. The third-order valence-electron chi connectivity index (χ3n) is 2.83. The molecule has 0 radical (unpaired) electrons. The maximum absolute atomic E-state index is 11.5. The standard InChI is InChI=1S/C16H13ClO2S/c1-20-15-9-5-2-6-11(15)10-13(16(18)19)12-7-3-4-8-14(12)17/h2-10H,1H3,(H,18,19)/b13-10-. The molecule has 2 aromatic carbocycles. The highest BCUT2D eigenvalue weighted by Gasteiger charge is 2.14. The second-order valence-electron chi connectivity index (χ2n) is 4.08. The lowest BCUT2D eigenvalue weighted by atomic mass is 10.0. The molecule has 0 aliphatic rings. The fourth-order valence-corrected chi connectivity index (χ4v) is 2.69. The topological polar surface area (TPSA) is 37.3 Å². The minimum absolute atomic E-state index is 0.192. The highest BCUT2D eigenvalue weighted by Crippen LogP contribution is 2.28. The molecule has 102 valence electrons. The molecule has 0 saturated carbocycles. The molecule has 0 atom stereocenters. The maximum Gasteiger partial charge on any atom is 0.336 e. The van der Waals surface area contributed by atoms with Crippen LogP contribution in [0.5, 0.6) is 0 Å². The summed E-state index contributed by atoms with van der Waals surface area (Å²) in [5.41, 5.74) is 1.59. The molecule has 20 heavy (non-hydrogen) atoms. The van der Waals surface area contributed by atoms with Crippen LogP contribution in [0.25, 0.3) is 11.6 Å². The van der Waals surface area contributed by atoms with E-state index in [0.717, 1.165) is 10.5 Å². The van der Waals surface area contributed by atoms with Crippen LogP contribution < -0.4 is 0 Å². The quantitative estimate of drug-likeness (QED) is 0.506. The number of hydrogen-bond acceptors (Lipinski definition) is 2. The SMILES string of the molecule is CSc1ccccc1/C=C(\C(=O)O)c1ccccc1Cl. The van der Waals surface area contributed by atoms with Crippen molar-refractivity contribution in [2.24, 2.45) is 0 Å². The summed E-state index contributed by atoms with van der Waals surface area (Å²) in [4.78, 5) is 12.5. The number of carboxylic acid groups (broad SMARTS) is 1. The normalized spacial score (nSPS) is 11.4. The average Bonchev–Trinajstić information content (AvgIpc) is 2.46. The van der Waals surface area contributed by atoms with Crippen molar-refractivity contribution >= 4 is 41.0 Å². The molecule has 0 aromatic heterocycles. The van der Waals surface area contributed by atoms with Gasteiger partial charge in [-0.15, -0.1) is 11.8 Å². The Bertz CT molecular complexity index is 665. The van der Waals surface area contributed by atoms with Gasteiger partial charge in [0.15, 0.2) is 0 Å². The summed E-state index contributed by atoms with van der Waals surface area (Å²) >= 11 is 7.67. The zero-order valence-electron chi connectivity index (χ0n) is 10.8. The molecule has 2 nitrogen and oxygen atoms in total. The van der Waals surface area contributed by atoms with Crippen molar-refractivity contribution in [1.82, 2.24) is 0 Å². The summed E-state index contributed by atoms with van der Waals surface area (Å²) in [5, 5.41) is 9.88. The van der Waals surface area contributed by atoms with Gasteiger partial charge in [-0.1, -0.05) is 48.0 Å². The lowest BCUT2D eigenvalue weighted by molar-refractivity contribution is -0.130. The molecule has 1 N–H and O–H groups in total. The van der Waals surface area contributed by atoms with Crippen molar-refractivity contribution in [3.63, 3.8) is 0 Å². The Hall–Kier alpha value is -1.71. The minimum Gasteiger partial charge on any atom is -0.478 e. The van der Waals surface area contributed by atoms with E-state index < -0.39 is 5.97 Å². The van der Waals surface area contributed by atoms with Gasteiger partial charge in [-0.05, 0) is 30.0 Å². The number of aliphatic carboxylic acids is 1. The van der Waals surface area contributed by atoms with Crippen molar-refractivity contribution in [2.45, 2.75) is 4.90 Å². The van der Waals surface area contributed by atoms with Gasteiger partial charge in [-0.2, -0.15) is 0 Å². The van der Waals surface area contributed by atoms with Crippen LogP contribution in [0.1, 0.15) is 11.1 Å². The highest BCUT2D eigenvalue weighted by molar-refractivity contribution is 7.98. The first-order chi connectivity index (χ1) is 9.63. The maximum atomic E-state index is 11.5. The molecule has 0 spiro atoms. The van der Waals surface area contributed by atoms with E-state index in [4.69, 9.17) is 11.6 Å². The summed E-state index contributed by atoms with van der Waals surface area (Å²) in [6.07, 6.45) is 3.62. The lowest BCUT2D eigenvalue weighted by Crippen LogP contribution is -2.00. The van der Waals surface area contributed by atoms with E-state index in [1.807, 2.05) is 30.5 Å². The number of halogens is 1. The second-order valence-corrected chi connectivity index (χ2v) is 5.34. The molecule has 2 rings (SSSR count). The first-order valence-electron chi connectivity index (χ1n) is 5.96. The fourth-order valence-electron chi connectivity index (χ4n) is 1.88. The van der Waals surface area contributed by atoms with Crippen molar-refractivity contribution < 1.29 is 9.90 Å². The van der Waals surface area contributed by atoms with E-state index in [-0.39, 0.29) is 5.57 Å². The zero-order chi connectivity index (χ0) is 14.5. The Balaban J connectivity index is 2.57. The summed E-state index contributed by atoms with van der Waals surface area (Å²) in [6, 6.07) is 14.6. The number of carboxylic acids is 1. The van der Waals surface area contributed by atoms with Crippen LogP contribution in [0, 0.1) is 0 Å². The largest absolute Gasteiger partial charge is 0.478 e. The number of rotatable bonds is 4. The number of carbonyl (C=O) groups is 1. The van der Waals surface area contributed by atoms with Crippen LogP contribution in [-0.2, 0) is 4.79 Å². The van der Waals surface area contributed by atoms with E-state index in [9.17, 15) is 9.90 Å². The molecule has 0 bridgehead atoms. The third kappa shape index (κ3) is 3.24. The average molecular weight is 305 g/mol. The van der Waals surface area contributed by atoms with Crippen LogP contribution in [0.4, 0.5) is 0 Å². The highest BCUT2D eigenvalue weighted by atomic mass is 35.5. The predicted molar refractivity (Wildman–Crippen MR) is 85.2 cm³/mol. The molecular formula is C16H13ClO2S. The van der Waals surface area contributed by atoms with Gasteiger partial charge in [0, 0.05) is 15.5 Å². The summed E-state index contributed by atoms with van der Waals surface area (Å²) in [6.45, 7) is 0. The summed E-state index contributed by atoms with van der Waals surface area (Å²) < 4.78 is 0. The first kappa shape index (κ1) is 14.7. The van der Waals surface area contributed by atoms with E-state index in [1.165, 1.54) is 0 Å². The fraction of sp³-hybridized carbons (Fsp3) is 0.0625. The van der Waals surface area contributed by atoms with Gasteiger partial charge in [0.1, 0.15) is 0 Å². The molecular weight excluding hydrogens is 292 g/mol. The summed E-state index contributed by atoms with van der Waals surface area (Å²) in [7, 11) is 0. The Morgan fingerprint density at radius 2 is 1.80 bits per heavy atom. The van der Waals surface area contributed by atoms with Crippen LogP contribution in [-0.4, -0.2) is 17.3 Å². The van der Waals surface area contributed by atoms with Gasteiger partial charge in [-0.3, -0.25) is 0 Å². The molecule has 0 aliphatic heterocycles. The van der Waals surface area contributed by atoms with E-state index in [2.05, 4.69) is 0 Å². The van der Waals surface area contributed by atoms with Gasteiger partial charge in [0.25, 0.3) is 0 Å². The molecule has 0 saturated heterocycles. The molecule has 0 unspecified atom stereocenters.